The lowest BCUT2D eigenvalue weighted by molar-refractivity contribution is -0.131. The van der Waals surface area contributed by atoms with Crippen molar-refractivity contribution >= 4 is 17.9 Å². The van der Waals surface area contributed by atoms with Crippen molar-refractivity contribution in [1.82, 2.24) is 4.90 Å². The molecule has 0 aromatic heterocycles. The van der Waals surface area contributed by atoms with Crippen molar-refractivity contribution < 1.29 is 19.4 Å². The summed E-state index contributed by atoms with van der Waals surface area (Å²) in [5, 5.41) is 17.5. The van der Waals surface area contributed by atoms with Crippen LogP contribution in [0, 0.1) is 39.9 Å². The van der Waals surface area contributed by atoms with Crippen LogP contribution in [-0.4, -0.2) is 54.2 Å². The van der Waals surface area contributed by atoms with E-state index in [0.29, 0.717) is 30.3 Å². The molecule has 3 unspecified atom stereocenters. The van der Waals surface area contributed by atoms with Crippen molar-refractivity contribution in [3.05, 3.63) is 23.5 Å². The number of allylic oxidation sites excluding steroid dienone is 3. The molecule has 5 rings (SSSR count). The molecule has 2 N–H and O–H groups in total. The average Bonchev–Trinajstić information content (AvgIpc) is 3.39. The average molecular weight is 497 g/mol. The molecule has 0 aromatic carbocycles. The highest BCUT2D eigenvalue weighted by molar-refractivity contribution is 6.03. The zero-order chi connectivity index (χ0) is 25.3. The Hall–Kier alpha value is -1.95. The normalized spacial score (nSPS) is 37.9. The van der Waals surface area contributed by atoms with E-state index >= 15 is 0 Å². The lowest BCUT2D eigenvalue weighted by atomic mass is 9.54. The lowest BCUT2D eigenvalue weighted by Gasteiger charge is -2.50. The van der Waals surface area contributed by atoms with E-state index in [1.165, 1.54) is 11.8 Å². The maximum absolute atomic E-state index is 13.6. The maximum Gasteiger partial charge on any atom is 0.222 e. The lowest BCUT2D eigenvalue weighted by Crippen LogP contribution is -2.45. The van der Waals surface area contributed by atoms with Gasteiger partial charge in [-0.15, -0.1) is 0 Å². The van der Waals surface area contributed by atoms with Crippen LogP contribution in [-0.2, 0) is 14.3 Å². The highest BCUT2D eigenvalue weighted by atomic mass is 16.5. The first-order valence-corrected chi connectivity index (χ1v) is 14.3. The molecule has 1 spiro atoms. The van der Waals surface area contributed by atoms with Crippen LogP contribution in [0.25, 0.3) is 0 Å². The van der Waals surface area contributed by atoms with Gasteiger partial charge in [-0.2, -0.15) is 0 Å². The summed E-state index contributed by atoms with van der Waals surface area (Å²) in [6.07, 6.45) is 16.2. The summed E-state index contributed by atoms with van der Waals surface area (Å²) in [7, 11) is 0. The molecule has 36 heavy (non-hydrogen) atoms. The molecule has 5 atom stereocenters. The predicted molar refractivity (Wildman–Crippen MR) is 140 cm³/mol. The second-order valence-electron chi connectivity index (χ2n) is 12.4. The zero-order valence-corrected chi connectivity index (χ0v) is 22.0. The summed E-state index contributed by atoms with van der Waals surface area (Å²) >= 11 is 0. The SMILES string of the molecule is C[C@]12CCC3/C(=C/CCC=N)CCCC3C1[C@H](CCC(=O)N1CCC3(CCOCC3)C1)/C(=C/O)C2=O. The summed E-state index contributed by atoms with van der Waals surface area (Å²) in [5.41, 5.74) is 1.90. The summed E-state index contributed by atoms with van der Waals surface area (Å²) in [6.45, 7) is 5.41. The van der Waals surface area contributed by atoms with E-state index < -0.39 is 5.41 Å². The number of carbonyl (C=O) groups is 2. The standard InChI is InChI=1S/C30H44N2O4/c1-29-11-10-22-21(5-2-3-15-31)6-4-7-23(22)27(29)24(25(19-33)28(29)35)8-9-26(34)32-16-12-30(20-32)13-17-36-18-14-30/h5,15,19,22-24,27,31,33H,2-4,6-14,16-18,20H2,1H3/b21-5+,25-19-,31-15?/t22?,23?,24-,27?,29+/m1/s1. The first-order valence-electron chi connectivity index (χ1n) is 14.3. The molecule has 5 fully saturated rings. The first kappa shape index (κ1) is 25.7. The van der Waals surface area contributed by atoms with Crippen LogP contribution in [0.3, 0.4) is 0 Å². The van der Waals surface area contributed by atoms with E-state index in [0.717, 1.165) is 96.8 Å². The minimum absolute atomic E-state index is 0.0372. The molecule has 5 aliphatic rings. The topological polar surface area (TPSA) is 90.7 Å². The molecule has 2 saturated heterocycles. The minimum atomic E-state index is -0.430. The molecule has 198 valence electrons. The molecule has 1 amide bonds. The number of Topliss-reactive ketones (excluding diaryl/α,β-unsaturated/α-hetero) is 1. The Labute approximate surface area is 216 Å². The Morgan fingerprint density at radius 3 is 2.75 bits per heavy atom. The van der Waals surface area contributed by atoms with Gasteiger partial charge in [-0.05, 0) is 106 Å². The number of unbranched alkanes of at least 4 members (excludes halogenated alkanes) is 1. The van der Waals surface area contributed by atoms with Crippen molar-refractivity contribution in [2.24, 2.45) is 34.5 Å². The van der Waals surface area contributed by atoms with Crippen LogP contribution in [0.2, 0.25) is 0 Å². The second kappa shape index (κ2) is 10.4. The Morgan fingerprint density at radius 1 is 1.19 bits per heavy atom. The molecule has 0 radical (unpaired) electrons. The number of hydrogen-bond donors (Lipinski definition) is 2. The molecule has 3 aliphatic carbocycles. The summed E-state index contributed by atoms with van der Waals surface area (Å²) in [4.78, 5) is 29.0. The number of aliphatic hydroxyl groups excluding tert-OH is 1. The number of likely N-dealkylation sites (tertiary alicyclic amines) is 1. The van der Waals surface area contributed by atoms with Gasteiger partial charge >= 0.3 is 0 Å². The third-order valence-corrected chi connectivity index (χ3v) is 10.7. The van der Waals surface area contributed by atoms with Gasteiger partial charge in [0, 0.05) is 43.7 Å². The number of carbonyl (C=O) groups excluding carboxylic acids is 2. The molecule has 6 heteroatoms. The molecule has 0 aromatic rings. The van der Waals surface area contributed by atoms with E-state index in [1.807, 2.05) is 0 Å². The monoisotopic (exact) mass is 496 g/mol. The van der Waals surface area contributed by atoms with Crippen molar-refractivity contribution in [2.45, 2.75) is 84.0 Å². The first-order chi connectivity index (χ1) is 17.4. The zero-order valence-electron chi connectivity index (χ0n) is 22.0. The van der Waals surface area contributed by atoms with Gasteiger partial charge in [0.2, 0.25) is 5.91 Å². The van der Waals surface area contributed by atoms with E-state index in [4.69, 9.17) is 10.1 Å². The van der Waals surface area contributed by atoms with Gasteiger partial charge in [0.05, 0.1) is 6.26 Å². The van der Waals surface area contributed by atoms with Gasteiger partial charge in [0.1, 0.15) is 0 Å². The molecule has 3 saturated carbocycles. The number of hydrogen-bond acceptors (Lipinski definition) is 5. The van der Waals surface area contributed by atoms with Gasteiger partial charge in [0.15, 0.2) is 5.78 Å². The summed E-state index contributed by atoms with van der Waals surface area (Å²) in [5.74, 6) is 1.42. The van der Waals surface area contributed by atoms with E-state index in [9.17, 15) is 14.7 Å². The molecular formula is C30H44N2O4. The number of amides is 1. The van der Waals surface area contributed by atoms with Crippen LogP contribution in [0.5, 0.6) is 0 Å². The molecular weight excluding hydrogens is 452 g/mol. The van der Waals surface area contributed by atoms with Crippen molar-refractivity contribution in [3.63, 3.8) is 0 Å². The van der Waals surface area contributed by atoms with E-state index in [-0.39, 0.29) is 28.9 Å². The summed E-state index contributed by atoms with van der Waals surface area (Å²) < 4.78 is 5.56. The number of fused-ring (bicyclic) bond motifs is 3. The number of nitrogens with one attached hydrogen (secondary N) is 1. The predicted octanol–water partition coefficient (Wildman–Crippen LogP) is 5.63. The largest absolute Gasteiger partial charge is 0.515 e. The number of ether oxygens (including phenoxy) is 1. The van der Waals surface area contributed by atoms with Crippen LogP contribution in [0.15, 0.2) is 23.5 Å². The fraction of sp³-hybridized carbons (Fsp3) is 0.767. The van der Waals surface area contributed by atoms with Crippen molar-refractivity contribution in [2.75, 3.05) is 26.3 Å². The van der Waals surface area contributed by atoms with Crippen LogP contribution in [0.4, 0.5) is 0 Å². The Bertz CT molecular complexity index is 933. The van der Waals surface area contributed by atoms with Gasteiger partial charge in [-0.3, -0.25) is 9.59 Å². The van der Waals surface area contributed by atoms with Gasteiger partial charge in [-0.25, -0.2) is 0 Å². The fourth-order valence-corrected chi connectivity index (χ4v) is 8.72. The maximum atomic E-state index is 13.6. The number of rotatable bonds is 6. The van der Waals surface area contributed by atoms with Crippen LogP contribution in [0.1, 0.15) is 84.0 Å². The third kappa shape index (κ3) is 4.48. The third-order valence-electron chi connectivity index (χ3n) is 10.7. The van der Waals surface area contributed by atoms with E-state index in [2.05, 4.69) is 17.9 Å². The molecule has 6 nitrogen and oxygen atoms in total. The minimum Gasteiger partial charge on any atom is -0.515 e. The fourth-order valence-electron chi connectivity index (χ4n) is 8.72. The highest BCUT2D eigenvalue weighted by Crippen LogP contribution is 2.62. The quantitative estimate of drug-likeness (QED) is 0.164. The molecule has 0 bridgehead atoms. The van der Waals surface area contributed by atoms with E-state index in [1.54, 1.807) is 0 Å². The molecule has 2 aliphatic heterocycles. The highest BCUT2D eigenvalue weighted by Gasteiger charge is 2.60. The number of nitrogens with zero attached hydrogens (tertiary/aromatic N) is 1. The van der Waals surface area contributed by atoms with Gasteiger partial charge in [0.25, 0.3) is 0 Å². The van der Waals surface area contributed by atoms with Crippen molar-refractivity contribution in [3.8, 4) is 0 Å². The van der Waals surface area contributed by atoms with Crippen LogP contribution >= 0.6 is 0 Å². The van der Waals surface area contributed by atoms with Gasteiger partial charge in [-0.1, -0.05) is 18.6 Å². The number of ketones is 1. The van der Waals surface area contributed by atoms with Crippen molar-refractivity contribution in [1.29, 1.82) is 5.41 Å². The Balaban J connectivity index is 1.31. The van der Waals surface area contributed by atoms with Gasteiger partial charge < -0.3 is 20.2 Å². The number of aliphatic hydroxyl groups is 1. The Kier molecular flexibility index (Phi) is 7.44. The summed E-state index contributed by atoms with van der Waals surface area (Å²) in [6, 6.07) is 0. The molecule has 2 heterocycles. The Morgan fingerprint density at radius 2 is 2.00 bits per heavy atom. The van der Waals surface area contributed by atoms with Crippen LogP contribution < -0.4 is 0 Å². The second-order valence-corrected chi connectivity index (χ2v) is 12.4. The smallest absolute Gasteiger partial charge is 0.222 e.